The maximum atomic E-state index is 12.6. The van der Waals surface area contributed by atoms with Crippen molar-refractivity contribution in [1.82, 2.24) is 4.90 Å². The Morgan fingerprint density at radius 3 is 2.75 bits per heavy atom. The van der Waals surface area contributed by atoms with Gasteiger partial charge in [0.05, 0.1) is 5.92 Å². The summed E-state index contributed by atoms with van der Waals surface area (Å²) < 4.78 is 0. The van der Waals surface area contributed by atoms with Crippen LogP contribution in [0.1, 0.15) is 38.2 Å². The molecule has 0 spiro atoms. The topological polar surface area (TPSA) is 57.6 Å². The standard InChI is InChI=1S/C15H18ClNO3/c1-10(11-5-3-6-12(16)9-11)13(18)17-8-4-7-15(17,2)14(19)20/h3,5-6,9-10H,4,7-8H2,1-2H3,(H,19,20). The molecular formula is C15H18ClNO3. The number of amides is 1. The predicted octanol–water partition coefficient (Wildman–Crippen LogP) is 2.91. The highest BCUT2D eigenvalue weighted by molar-refractivity contribution is 6.30. The molecule has 4 nitrogen and oxygen atoms in total. The van der Waals surface area contributed by atoms with Crippen LogP contribution in [0.5, 0.6) is 0 Å². The second-order valence-corrected chi connectivity index (χ2v) is 5.89. The number of hydrogen-bond acceptors (Lipinski definition) is 2. The molecule has 1 N–H and O–H groups in total. The van der Waals surface area contributed by atoms with Gasteiger partial charge in [-0.15, -0.1) is 0 Å². The zero-order chi connectivity index (χ0) is 14.9. The molecule has 0 saturated carbocycles. The van der Waals surface area contributed by atoms with Crippen molar-refractivity contribution in [2.24, 2.45) is 0 Å². The fourth-order valence-electron chi connectivity index (χ4n) is 2.69. The Morgan fingerprint density at radius 1 is 1.45 bits per heavy atom. The van der Waals surface area contributed by atoms with E-state index in [-0.39, 0.29) is 5.91 Å². The van der Waals surface area contributed by atoms with Gasteiger partial charge < -0.3 is 10.0 Å². The van der Waals surface area contributed by atoms with Crippen LogP contribution in [0.2, 0.25) is 5.02 Å². The first-order chi connectivity index (χ1) is 9.36. The monoisotopic (exact) mass is 295 g/mol. The largest absolute Gasteiger partial charge is 0.480 e. The van der Waals surface area contributed by atoms with Crippen LogP contribution >= 0.6 is 11.6 Å². The maximum Gasteiger partial charge on any atom is 0.329 e. The molecule has 108 valence electrons. The third-order valence-corrected chi connectivity index (χ3v) is 4.32. The number of nitrogens with zero attached hydrogens (tertiary/aromatic N) is 1. The first-order valence-electron chi connectivity index (χ1n) is 6.66. The Bertz CT molecular complexity index is 546. The van der Waals surface area contributed by atoms with Gasteiger partial charge in [-0.2, -0.15) is 0 Å². The molecule has 1 amide bonds. The van der Waals surface area contributed by atoms with Gasteiger partial charge in [0.2, 0.25) is 5.91 Å². The first kappa shape index (κ1) is 14.9. The number of aliphatic carboxylic acids is 1. The summed E-state index contributed by atoms with van der Waals surface area (Å²) in [4.78, 5) is 25.5. The van der Waals surface area contributed by atoms with Gasteiger partial charge >= 0.3 is 5.97 Å². The number of rotatable bonds is 3. The third-order valence-electron chi connectivity index (χ3n) is 4.09. The predicted molar refractivity (Wildman–Crippen MR) is 76.9 cm³/mol. The second kappa shape index (κ2) is 5.44. The van der Waals surface area contributed by atoms with Gasteiger partial charge in [-0.1, -0.05) is 23.7 Å². The summed E-state index contributed by atoms with van der Waals surface area (Å²) in [5.74, 6) is -1.50. The van der Waals surface area contributed by atoms with Gasteiger partial charge in [-0.05, 0) is 44.4 Å². The average Bonchev–Trinajstić information content (AvgIpc) is 2.80. The van der Waals surface area contributed by atoms with Crippen LogP contribution in [0.3, 0.4) is 0 Å². The molecule has 1 heterocycles. The van der Waals surface area contributed by atoms with Crippen LogP contribution in [0.4, 0.5) is 0 Å². The van der Waals surface area contributed by atoms with E-state index in [0.717, 1.165) is 12.0 Å². The van der Waals surface area contributed by atoms with Gasteiger partial charge in [0, 0.05) is 11.6 Å². The molecule has 2 rings (SSSR count). The van der Waals surface area contributed by atoms with Crippen molar-refractivity contribution in [3.63, 3.8) is 0 Å². The smallest absolute Gasteiger partial charge is 0.329 e. The summed E-state index contributed by atoms with van der Waals surface area (Å²) in [5, 5.41) is 9.95. The summed E-state index contributed by atoms with van der Waals surface area (Å²) in [5.41, 5.74) is -0.286. The zero-order valence-corrected chi connectivity index (χ0v) is 12.4. The number of likely N-dealkylation sites (tertiary alicyclic amines) is 1. The van der Waals surface area contributed by atoms with E-state index in [4.69, 9.17) is 11.6 Å². The van der Waals surface area contributed by atoms with Crippen molar-refractivity contribution in [2.45, 2.75) is 38.1 Å². The van der Waals surface area contributed by atoms with Gasteiger partial charge in [0.1, 0.15) is 5.54 Å². The van der Waals surface area contributed by atoms with Gasteiger partial charge in [-0.3, -0.25) is 4.79 Å². The second-order valence-electron chi connectivity index (χ2n) is 5.45. The van der Waals surface area contributed by atoms with E-state index in [2.05, 4.69) is 0 Å². The molecule has 2 unspecified atom stereocenters. The van der Waals surface area contributed by atoms with E-state index >= 15 is 0 Å². The van der Waals surface area contributed by atoms with E-state index in [9.17, 15) is 14.7 Å². The van der Waals surface area contributed by atoms with E-state index in [1.165, 1.54) is 4.90 Å². The number of halogens is 1. The minimum Gasteiger partial charge on any atom is -0.480 e. The van der Waals surface area contributed by atoms with Crippen molar-refractivity contribution < 1.29 is 14.7 Å². The van der Waals surface area contributed by atoms with Gasteiger partial charge in [0.25, 0.3) is 0 Å². The Kier molecular flexibility index (Phi) is 4.04. The van der Waals surface area contributed by atoms with Crippen molar-refractivity contribution in [2.75, 3.05) is 6.54 Å². The Labute approximate surface area is 123 Å². The number of carbonyl (C=O) groups is 2. The quantitative estimate of drug-likeness (QED) is 0.933. The molecule has 1 aromatic carbocycles. The lowest BCUT2D eigenvalue weighted by atomic mass is 9.95. The summed E-state index contributed by atoms with van der Waals surface area (Å²) in [6, 6.07) is 7.13. The number of hydrogen-bond donors (Lipinski definition) is 1. The highest BCUT2D eigenvalue weighted by Gasteiger charge is 2.46. The van der Waals surface area contributed by atoms with Crippen molar-refractivity contribution in [3.8, 4) is 0 Å². The van der Waals surface area contributed by atoms with Crippen LogP contribution in [0.15, 0.2) is 24.3 Å². The minimum absolute atomic E-state index is 0.158. The van der Waals surface area contributed by atoms with Crippen molar-refractivity contribution in [1.29, 1.82) is 0 Å². The van der Waals surface area contributed by atoms with Crippen LogP contribution < -0.4 is 0 Å². The summed E-state index contributed by atoms with van der Waals surface area (Å²) in [7, 11) is 0. The molecular weight excluding hydrogens is 278 g/mol. The van der Waals surface area contributed by atoms with E-state index in [1.54, 1.807) is 32.0 Å². The minimum atomic E-state index is -1.09. The summed E-state index contributed by atoms with van der Waals surface area (Å²) in [6.45, 7) is 3.89. The number of benzene rings is 1. The summed E-state index contributed by atoms with van der Waals surface area (Å²) in [6.07, 6.45) is 1.22. The average molecular weight is 296 g/mol. The van der Waals surface area contributed by atoms with Gasteiger partial charge in [0.15, 0.2) is 0 Å². The molecule has 1 aromatic rings. The molecule has 1 aliphatic heterocycles. The van der Waals surface area contributed by atoms with Crippen LogP contribution in [-0.2, 0) is 9.59 Å². The van der Waals surface area contributed by atoms with Gasteiger partial charge in [-0.25, -0.2) is 4.79 Å². The number of carboxylic acid groups (broad SMARTS) is 1. The van der Waals surface area contributed by atoms with E-state index in [1.807, 2.05) is 6.07 Å². The van der Waals surface area contributed by atoms with E-state index in [0.29, 0.717) is 18.0 Å². The molecule has 20 heavy (non-hydrogen) atoms. The lowest BCUT2D eigenvalue weighted by Gasteiger charge is -2.33. The lowest BCUT2D eigenvalue weighted by molar-refractivity contribution is -0.155. The van der Waals surface area contributed by atoms with Crippen LogP contribution in [-0.4, -0.2) is 34.0 Å². The molecule has 1 aliphatic rings. The normalized spacial score (nSPS) is 23.6. The Balaban J connectivity index is 2.25. The molecule has 1 saturated heterocycles. The molecule has 0 bridgehead atoms. The summed E-state index contributed by atoms with van der Waals surface area (Å²) >= 11 is 5.94. The fraction of sp³-hybridized carbons (Fsp3) is 0.467. The molecule has 1 fully saturated rings. The maximum absolute atomic E-state index is 12.6. The number of carbonyl (C=O) groups excluding carboxylic acids is 1. The molecule has 2 atom stereocenters. The highest BCUT2D eigenvalue weighted by atomic mass is 35.5. The first-order valence-corrected chi connectivity index (χ1v) is 7.04. The lowest BCUT2D eigenvalue weighted by Crippen LogP contribution is -2.51. The van der Waals surface area contributed by atoms with Crippen molar-refractivity contribution >= 4 is 23.5 Å². The Morgan fingerprint density at radius 2 is 2.15 bits per heavy atom. The van der Waals surface area contributed by atoms with E-state index < -0.39 is 17.4 Å². The van der Waals surface area contributed by atoms with Crippen LogP contribution in [0.25, 0.3) is 0 Å². The molecule has 0 radical (unpaired) electrons. The molecule has 5 heteroatoms. The fourth-order valence-corrected chi connectivity index (χ4v) is 2.89. The van der Waals surface area contributed by atoms with Crippen LogP contribution in [0, 0.1) is 0 Å². The molecule has 0 aromatic heterocycles. The Hall–Kier alpha value is -1.55. The SMILES string of the molecule is CC(C(=O)N1CCCC1(C)C(=O)O)c1cccc(Cl)c1. The molecule has 0 aliphatic carbocycles. The highest BCUT2D eigenvalue weighted by Crippen LogP contribution is 2.33. The van der Waals surface area contributed by atoms with Crippen molar-refractivity contribution in [3.05, 3.63) is 34.9 Å². The third kappa shape index (κ3) is 2.52. The number of carboxylic acids is 1. The zero-order valence-electron chi connectivity index (χ0n) is 11.6.